The highest BCUT2D eigenvalue weighted by Crippen LogP contribution is 2.36. The Balaban J connectivity index is 1.66. The average molecular weight is 431 g/mol. The molecular weight excluding hydrogens is 418 g/mol. The lowest BCUT2D eigenvalue weighted by Crippen LogP contribution is -2.38. The number of hydrogen-bond donors (Lipinski definition) is 1. The Hall–Kier alpha value is -3.03. The number of nitrogens with one attached hydrogen (secondary N) is 1. The Labute approximate surface area is 175 Å². The fourth-order valence-electron chi connectivity index (χ4n) is 3.13. The number of halogens is 3. The minimum absolute atomic E-state index is 0.0490. The van der Waals surface area contributed by atoms with Gasteiger partial charge in [-0.1, -0.05) is 29.3 Å². The van der Waals surface area contributed by atoms with Gasteiger partial charge in [0.1, 0.15) is 17.5 Å². The largest absolute Gasteiger partial charge is 0.324 e. The molecule has 0 spiro atoms. The molecule has 1 aromatic carbocycles. The van der Waals surface area contributed by atoms with Crippen LogP contribution < -0.4 is 10.2 Å². The van der Waals surface area contributed by atoms with Crippen molar-refractivity contribution >= 4 is 46.4 Å². The third-order valence-electron chi connectivity index (χ3n) is 4.43. The van der Waals surface area contributed by atoms with E-state index in [9.17, 15) is 14.0 Å². The standard InChI is InChI=1S/C20H13Cl2FN4O2/c21-14-4-3-12(7-15(14)23)26-18(28)10-27-16-8-17(22)25-9-13(16)20-11(6-19(27)29)2-1-5-24-20/h1-5,7-9H,6,10H2,(H,26,28). The van der Waals surface area contributed by atoms with Crippen molar-refractivity contribution < 1.29 is 14.0 Å². The van der Waals surface area contributed by atoms with E-state index in [1.165, 1.54) is 29.3 Å². The molecule has 1 aliphatic heterocycles. The Kier molecular flexibility index (Phi) is 5.17. The zero-order valence-electron chi connectivity index (χ0n) is 14.8. The molecule has 0 unspecified atom stereocenters. The van der Waals surface area contributed by atoms with Gasteiger partial charge in [0.05, 0.1) is 22.8 Å². The quantitative estimate of drug-likeness (QED) is 0.634. The van der Waals surface area contributed by atoms with Crippen LogP contribution in [0.4, 0.5) is 15.8 Å². The molecule has 1 aliphatic rings. The van der Waals surface area contributed by atoms with Gasteiger partial charge in [0.2, 0.25) is 11.8 Å². The van der Waals surface area contributed by atoms with Gasteiger partial charge in [0.15, 0.2) is 0 Å². The van der Waals surface area contributed by atoms with Crippen molar-refractivity contribution in [2.75, 3.05) is 16.8 Å². The molecule has 4 rings (SSSR count). The van der Waals surface area contributed by atoms with Crippen molar-refractivity contribution in [2.45, 2.75) is 6.42 Å². The fraction of sp³-hybridized carbons (Fsp3) is 0.100. The second-order valence-corrected chi connectivity index (χ2v) is 7.16. The lowest BCUT2D eigenvalue weighted by atomic mass is 10.1. The van der Waals surface area contributed by atoms with Crippen molar-refractivity contribution in [3.8, 4) is 11.3 Å². The SMILES string of the molecule is O=C(CN1C(=O)Cc2cccnc2-c2cnc(Cl)cc21)Nc1ccc(Cl)c(F)c1. The summed E-state index contributed by atoms with van der Waals surface area (Å²) in [6.45, 7) is -0.287. The minimum Gasteiger partial charge on any atom is -0.324 e. The summed E-state index contributed by atoms with van der Waals surface area (Å²) in [5, 5.41) is 2.70. The summed E-state index contributed by atoms with van der Waals surface area (Å²) in [5.41, 5.74) is 2.61. The summed E-state index contributed by atoms with van der Waals surface area (Å²) >= 11 is 11.7. The van der Waals surface area contributed by atoms with E-state index in [-0.39, 0.29) is 34.7 Å². The number of fused-ring (bicyclic) bond motifs is 3. The van der Waals surface area contributed by atoms with Gasteiger partial charge in [-0.15, -0.1) is 0 Å². The van der Waals surface area contributed by atoms with E-state index >= 15 is 0 Å². The molecule has 3 aromatic rings. The summed E-state index contributed by atoms with van der Waals surface area (Å²) in [6, 6.07) is 8.99. The first-order valence-corrected chi connectivity index (χ1v) is 9.33. The molecule has 29 heavy (non-hydrogen) atoms. The van der Waals surface area contributed by atoms with Crippen LogP contribution in [0, 0.1) is 5.82 Å². The molecule has 6 nitrogen and oxygen atoms in total. The molecule has 0 aliphatic carbocycles. The number of carbonyl (C=O) groups is 2. The average Bonchev–Trinajstić information content (AvgIpc) is 2.80. The zero-order valence-corrected chi connectivity index (χ0v) is 16.3. The van der Waals surface area contributed by atoms with Crippen LogP contribution >= 0.6 is 23.2 Å². The van der Waals surface area contributed by atoms with Gasteiger partial charge in [-0.3, -0.25) is 14.6 Å². The monoisotopic (exact) mass is 430 g/mol. The van der Waals surface area contributed by atoms with Crippen LogP contribution in [0.2, 0.25) is 10.2 Å². The van der Waals surface area contributed by atoms with Crippen LogP contribution in [-0.2, 0) is 16.0 Å². The topological polar surface area (TPSA) is 75.2 Å². The Morgan fingerprint density at radius 1 is 1.21 bits per heavy atom. The summed E-state index contributed by atoms with van der Waals surface area (Å²) < 4.78 is 13.6. The highest BCUT2D eigenvalue weighted by Gasteiger charge is 2.28. The summed E-state index contributed by atoms with van der Waals surface area (Å²) in [7, 11) is 0. The van der Waals surface area contributed by atoms with Crippen LogP contribution in [-0.4, -0.2) is 28.3 Å². The maximum Gasteiger partial charge on any atom is 0.244 e. The van der Waals surface area contributed by atoms with Gasteiger partial charge in [0.25, 0.3) is 0 Å². The van der Waals surface area contributed by atoms with E-state index in [0.717, 1.165) is 11.6 Å². The van der Waals surface area contributed by atoms with E-state index in [4.69, 9.17) is 23.2 Å². The Bertz CT molecular complexity index is 1140. The number of nitrogens with zero attached hydrogens (tertiary/aromatic N) is 3. The molecule has 2 amide bonds. The van der Waals surface area contributed by atoms with Crippen LogP contribution in [0.1, 0.15) is 5.56 Å². The second kappa shape index (κ2) is 7.77. The summed E-state index contributed by atoms with van der Waals surface area (Å²) in [6.07, 6.45) is 3.22. The summed E-state index contributed by atoms with van der Waals surface area (Å²) in [4.78, 5) is 35.3. The molecule has 1 N–H and O–H groups in total. The van der Waals surface area contributed by atoms with Gasteiger partial charge in [-0.2, -0.15) is 0 Å². The number of hydrogen-bond acceptors (Lipinski definition) is 4. The molecule has 9 heteroatoms. The molecule has 0 fully saturated rings. The smallest absolute Gasteiger partial charge is 0.244 e. The van der Waals surface area contributed by atoms with Gasteiger partial charge < -0.3 is 10.2 Å². The summed E-state index contributed by atoms with van der Waals surface area (Å²) in [5.74, 6) is -1.45. The van der Waals surface area contributed by atoms with Crippen LogP contribution in [0.5, 0.6) is 0 Å². The third kappa shape index (κ3) is 3.92. The Morgan fingerprint density at radius 3 is 2.83 bits per heavy atom. The van der Waals surface area contributed by atoms with Crippen LogP contribution in [0.3, 0.4) is 0 Å². The van der Waals surface area contributed by atoms with Crippen molar-refractivity contribution in [1.82, 2.24) is 9.97 Å². The van der Waals surface area contributed by atoms with E-state index in [1.54, 1.807) is 18.3 Å². The van der Waals surface area contributed by atoms with E-state index in [1.807, 2.05) is 0 Å². The predicted molar refractivity (Wildman–Crippen MR) is 109 cm³/mol. The lowest BCUT2D eigenvalue weighted by Gasteiger charge is -2.22. The first kappa shape index (κ1) is 19.3. The maximum atomic E-state index is 13.6. The molecule has 0 saturated heterocycles. The van der Waals surface area contributed by atoms with Crippen molar-refractivity contribution in [3.63, 3.8) is 0 Å². The molecule has 3 heterocycles. The third-order valence-corrected chi connectivity index (χ3v) is 4.95. The number of amides is 2. The molecule has 0 atom stereocenters. The zero-order chi connectivity index (χ0) is 20.5. The number of rotatable bonds is 3. The van der Waals surface area contributed by atoms with Gasteiger partial charge in [-0.05, 0) is 35.9 Å². The number of aromatic nitrogens is 2. The van der Waals surface area contributed by atoms with Gasteiger partial charge in [-0.25, -0.2) is 9.37 Å². The normalized spacial score (nSPS) is 12.8. The number of carbonyl (C=O) groups excluding carboxylic acids is 2. The van der Waals surface area contributed by atoms with Crippen LogP contribution in [0.25, 0.3) is 11.3 Å². The Morgan fingerprint density at radius 2 is 2.03 bits per heavy atom. The maximum absolute atomic E-state index is 13.6. The molecular formula is C20H13Cl2FN4O2. The minimum atomic E-state index is -0.653. The fourth-order valence-corrected chi connectivity index (χ4v) is 3.40. The number of pyridine rings is 2. The number of anilines is 2. The molecule has 146 valence electrons. The van der Waals surface area contributed by atoms with Crippen LogP contribution in [0.15, 0.2) is 48.8 Å². The first-order chi connectivity index (χ1) is 13.9. The molecule has 0 saturated carbocycles. The van der Waals surface area contributed by atoms with Crippen molar-refractivity contribution in [2.24, 2.45) is 0 Å². The van der Waals surface area contributed by atoms with E-state index < -0.39 is 11.7 Å². The van der Waals surface area contributed by atoms with E-state index in [2.05, 4.69) is 15.3 Å². The molecule has 2 aromatic heterocycles. The molecule has 0 bridgehead atoms. The second-order valence-electron chi connectivity index (χ2n) is 6.37. The van der Waals surface area contributed by atoms with Gasteiger partial charge in [0, 0.05) is 23.6 Å². The number of benzene rings is 1. The molecule has 0 radical (unpaired) electrons. The highest BCUT2D eigenvalue weighted by atomic mass is 35.5. The predicted octanol–water partition coefficient (Wildman–Crippen LogP) is 4.12. The van der Waals surface area contributed by atoms with Crippen molar-refractivity contribution in [3.05, 3.63) is 70.3 Å². The highest BCUT2D eigenvalue weighted by molar-refractivity contribution is 6.31. The van der Waals surface area contributed by atoms with Gasteiger partial charge >= 0.3 is 0 Å². The first-order valence-electron chi connectivity index (χ1n) is 8.57. The lowest BCUT2D eigenvalue weighted by molar-refractivity contribution is -0.121. The van der Waals surface area contributed by atoms with E-state index in [0.29, 0.717) is 16.9 Å². The van der Waals surface area contributed by atoms with Crippen molar-refractivity contribution in [1.29, 1.82) is 0 Å².